The van der Waals surface area contributed by atoms with E-state index >= 15 is 0 Å². The van der Waals surface area contributed by atoms with Crippen LogP contribution in [-0.2, 0) is 38.5 Å². The highest BCUT2D eigenvalue weighted by Crippen LogP contribution is 2.54. The van der Waals surface area contributed by atoms with Gasteiger partial charge in [-0.2, -0.15) is 75.6 Å². The molecule has 1 atom stereocenters. The molecule has 0 fully saturated rings. The molecule has 0 bridgehead atoms. The Morgan fingerprint density at radius 3 is 1.53 bits per heavy atom. The molecule has 0 aromatic heterocycles. The first kappa shape index (κ1) is 40.9. The van der Waals surface area contributed by atoms with Crippen molar-refractivity contribution in [1.29, 1.82) is 0 Å². The van der Waals surface area contributed by atoms with Crippen LogP contribution in [0.4, 0.5) is 74.6 Å². The molecule has 256 valence electrons. The zero-order valence-electron chi connectivity index (χ0n) is 19.7. The second-order valence-electron chi connectivity index (χ2n) is 7.49. The van der Waals surface area contributed by atoms with Gasteiger partial charge in [0.15, 0.2) is 0 Å². The zero-order chi connectivity index (χ0) is 34.3. The van der Waals surface area contributed by atoms with Crippen LogP contribution in [-0.4, -0.2) is 83.8 Å². The lowest BCUT2D eigenvalue weighted by Crippen LogP contribution is -2.61. The molecule has 43 heavy (non-hydrogen) atoms. The van der Waals surface area contributed by atoms with Crippen LogP contribution in [0.2, 0.25) is 0 Å². The van der Waals surface area contributed by atoms with E-state index in [0.29, 0.717) is 0 Å². The fraction of sp³-hybridized carbons (Fsp3) is 0.875. The van der Waals surface area contributed by atoms with E-state index in [4.69, 9.17) is 5.26 Å². The molecule has 0 aliphatic carbocycles. The smallest absolute Gasteiger partial charge is 0.298 e. The third-order valence-corrected chi connectivity index (χ3v) is 5.19. The van der Waals surface area contributed by atoms with Gasteiger partial charge in [-0.25, -0.2) is 23.6 Å². The van der Waals surface area contributed by atoms with Gasteiger partial charge in [0.25, 0.3) is 0 Å². The van der Waals surface area contributed by atoms with E-state index in [0.717, 1.165) is 0 Å². The Bertz CT molecular complexity index is 916. The minimum absolute atomic E-state index is 0.465. The fourth-order valence-electron chi connectivity index (χ4n) is 2.11. The second-order valence-corrected chi connectivity index (χ2v) is 8.38. The average Bonchev–Trinajstić information content (AvgIpc) is 2.85. The van der Waals surface area contributed by atoms with Crippen molar-refractivity contribution < 1.29 is 118 Å². The van der Waals surface area contributed by atoms with Gasteiger partial charge >= 0.3 is 60.1 Å². The molecule has 0 aliphatic heterocycles. The summed E-state index contributed by atoms with van der Waals surface area (Å²) in [6.45, 7) is -3.88. The maximum Gasteiger partial charge on any atom is 0.460 e. The fourth-order valence-corrected chi connectivity index (χ4v) is 2.56. The molecule has 0 saturated carbocycles. The number of halogens is 17. The summed E-state index contributed by atoms with van der Waals surface area (Å²) < 4.78 is 221. The molecule has 0 amide bonds. The van der Waals surface area contributed by atoms with Crippen molar-refractivity contribution in [3.8, 4) is 0 Å². The monoisotopic (exact) mass is 704 g/mol. The quantitative estimate of drug-likeness (QED) is 0.0551. The highest BCUT2D eigenvalue weighted by molar-refractivity contribution is 7.95. The second kappa shape index (κ2) is 14.8. The van der Waals surface area contributed by atoms with E-state index in [1.54, 1.807) is 0 Å². The van der Waals surface area contributed by atoms with Gasteiger partial charge in [0.2, 0.25) is 0 Å². The first-order valence-corrected chi connectivity index (χ1v) is 10.9. The number of hydrogen-bond acceptors (Lipinski definition) is 10. The van der Waals surface area contributed by atoms with E-state index in [2.05, 4.69) is 28.9 Å². The molecule has 0 heterocycles. The maximum atomic E-state index is 13.4. The summed E-state index contributed by atoms with van der Waals surface area (Å²) >= 11 is -0.465. The van der Waals surface area contributed by atoms with Crippen LogP contribution in [0.3, 0.4) is 0 Å². The number of carbonyl (C=O) groups excluding carboxylic acids is 2. The number of carbonyl (C=O) groups is 2. The van der Waals surface area contributed by atoms with Gasteiger partial charge in [-0.15, -0.1) is 4.33 Å². The van der Waals surface area contributed by atoms with E-state index in [1.165, 1.54) is 0 Å². The molecule has 27 heteroatoms. The summed E-state index contributed by atoms with van der Waals surface area (Å²) in [6.07, 6.45) is -19.0. The van der Waals surface area contributed by atoms with E-state index in [9.17, 15) is 84.2 Å². The highest BCUT2D eigenvalue weighted by Gasteiger charge is 2.81. The predicted octanol–water partition coefficient (Wildman–Crippen LogP) is 6.18. The molecule has 0 aliphatic rings. The van der Waals surface area contributed by atoms with Gasteiger partial charge in [0.05, 0.1) is 18.5 Å². The molecular formula is C16H13F17O9S. The third kappa shape index (κ3) is 9.69. The Labute approximate surface area is 229 Å². The summed E-state index contributed by atoms with van der Waals surface area (Å²) in [4.78, 5) is 38.1. The Hall–Kier alpha value is -2.10. The van der Waals surface area contributed by atoms with Crippen molar-refractivity contribution in [2.45, 2.75) is 72.6 Å². The summed E-state index contributed by atoms with van der Waals surface area (Å²) in [5.41, 5.74) is 0. The maximum absolute atomic E-state index is 13.4. The molecule has 0 aromatic carbocycles. The van der Waals surface area contributed by atoms with Crippen molar-refractivity contribution >= 4 is 24.0 Å². The Kier molecular flexibility index (Phi) is 14.1. The van der Waals surface area contributed by atoms with Gasteiger partial charge in [-0.05, 0) is 0 Å². The SMILES string of the molecule is O=C(CC(SOOO)C(=O)OOCCC(F)(F)C(F)(F)C(F)(F)C(F)(F)F)OOCCC(F)(F)C(F)(F)C(F)(F)C(F)F. The van der Waals surface area contributed by atoms with Gasteiger partial charge in [-0.1, -0.05) is 5.04 Å². The van der Waals surface area contributed by atoms with Crippen LogP contribution in [0.15, 0.2) is 0 Å². The van der Waals surface area contributed by atoms with Crippen LogP contribution < -0.4 is 0 Å². The summed E-state index contributed by atoms with van der Waals surface area (Å²) in [7, 11) is 0. The van der Waals surface area contributed by atoms with Gasteiger partial charge in [-0.3, -0.25) is 9.78 Å². The summed E-state index contributed by atoms with van der Waals surface area (Å²) in [5.74, 6) is -43.4. The number of rotatable bonds is 19. The summed E-state index contributed by atoms with van der Waals surface area (Å²) in [6, 6.07) is 0. The minimum Gasteiger partial charge on any atom is -0.298 e. The Morgan fingerprint density at radius 1 is 0.674 bits per heavy atom. The van der Waals surface area contributed by atoms with E-state index in [-0.39, 0.29) is 0 Å². The van der Waals surface area contributed by atoms with E-state index < -0.39 is 110 Å². The van der Waals surface area contributed by atoms with Crippen molar-refractivity contribution in [2.75, 3.05) is 13.2 Å². The molecule has 0 rings (SSSR count). The Balaban J connectivity index is 5.03. The van der Waals surface area contributed by atoms with Crippen molar-refractivity contribution in [1.82, 2.24) is 0 Å². The zero-order valence-corrected chi connectivity index (χ0v) is 20.6. The van der Waals surface area contributed by atoms with Crippen LogP contribution in [0.1, 0.15) is 19.3 Å². The molecule has 0 radical (unpaired) electrons. The normalized spacial score (nSPS) is 15.0. The van der Waals surface area contributed by atoms with Crippen LogP contribution in [0.5, 0.6) is 0 Å². The summed E-state index contributed by atoms with van der Waals surface area (Å²) in [5, 5.41) is 8.76. The number of hydrogen-bond donors (Lipinski definition) is 1. The molecular weight excluding hydrogens is 691 g/mol. The lowest BCUT2D eigenvalue weighted by molar-refractivity contribution is -0.432. The van der Waals surface area contributed by atoms with Crippen molar-refractivity contribution in [3.05, 3.63) is 0 Å². The lowest BCUT2D eigenvalue weighted by Gasteiger charge is -2.33. The molecule has 9 nitrogen and oxygen atoms in total. The first-order chi connectivity index (χ1) is 19.1. The predicted molar refractivity (Wildman–Crippen MR) is 95.9 cm³/mol. The molecule has 1 unspecified atom stereocenters. The largest absolute Gasteiger partial charge is 0.460 e. The van der Waals surface area contributed by atoms with Crippen LogP contribution >= 0.6 is 12.0 Å². The van der Waals surface area contributed by atoms with E-state index in [1.807, 2.05) is 0 Å². The molecule has 0 saturated heterocycles. The average molecular weight is 704 g/mol. The van der Waals surface area contributed by atoms with Gasteiger partial charge < -0.3 is 0 Å². The van der Waals surface area contributed by atoms with Gasteiger partial charge in [0.1, 0.15) is 18.5 Å². The van der Waals surface area contributed by atoms with Crippen LogP contribution in [0, 0.1) is 0 Å². The first-order valence-electron chi connectivity index (χ1n) is 10.0. The molecule has 1 N–H and O–H groups in total. The third-order valence-electron chi connectivity index (χ3n) is 4.45. The standard InChI is InChI=1S/C16H13F17O9S/c17-9(18)12(23,24)13(25,26)10(19,20)1-3-37-39-7(34)5-6(43-42-41-36)8(35)40-38-4-2-11(21,22)14(27,28)15(29,30)16(31,32)33/h6,9,36H,1-5H2. The topological polar surface area (TPSA) is 110 Å². The Morgan fingerprint density at radius 2 is 1.12 bits per heavy atom. The number of alkyl halides is 17. The molecule has 0 spiro atoms. The van der Waals surface area contributed by atoms with Crippen molar-refractivity contribution in [3.63, 3.8) is 0 Å². The minimum atomic E-state index is -7.24. The van der Waals surface area contributed by atoms with Crippen molar-refractivity contribution in [2.24, 2.45) is 0 Å². The lowest BCUT2D eigenvalue weighted by atomic mass is 10.0. The van der Waals surface area contributed by atoms with Crippen LogP contribution in [0.25, 0.3) is 0 Å². The molecule has 0 aromatic rings. The highest BCUT2D eigenvalue weighted by atomic mass is 32.2. The van der Waals surface area contributed by atoms with Gasteiger partial charge in [0, 0.05) is 12.8 Å².